The van der Waals surface area contributed by atoms with E-state index >= 15 is 0 Å². The number of sulfone groups is 1. The molecule has 0 aliphatic heterocycles. The van der Waals surface area contributed by atoms with Crippen LogP contribution < -0.4 is 0 Å². The van der Waals surface area contributed by atoms with Gasteiger partial charge in [-0.15, -0.1) is 0 Å². The van der Waals surface area contributed by atoms with Crippen molar-refractivity contribution in [2.45, 2.75) is 13.0 Å². The third-order valence-electron chi connectivity index (χ3n) is 2.25. The molecule has 1 unspecified atom stereocenters. The Morgan fingerprint density at radius 1 is 1.35 bits per heavy atom. The molecule has 0 spiro atoms. The molecule has 0 fully saturated rings. The molecule has 3 nitrogen and oxygen atoms in total. The first-order valence-electron chi connectivity index (χ1n) is 5.20. The molecule has 0 aliphatic carbocycles. The van der Waals surface area contributed by atoms with E-state index in [0.29, 0.717) is 5.56 Å². The van der Waals surface area contributed by atoms with Crippen LogP contribution in [0.5, 0.6) is 0 Å². The van der Waals surface area contributed by atoms with Crippen LogP contribution >= 0.6 is 0 Å². The number of hydrogen-bond donors (Lipinski definition) is 1. The van der Waals surface area contributed by atoms with Crippen LogP contribution in [0.4, 0.5) is 4.39 Å². The van der Waals surface area contributed by atoms with Gasteiger partial charge in [-0.2, -0.15) is 0 Å². The van der Waals surface area contributed by atoms with Gasteiger partial charge >= 0.3 is 0 Å². The Balaban J connectivity index is 2.72. The van der Waals surface area contributed by atoms with Crippen LogP contribution in [0.15, 0.2) is 36.4 Å². The molecule has 17 heavy (non-hydrogen) atoms. The van der Waals surface area contributed by atoms with Gasteiger partial charge in [0.05, 0.1) is 17.6 Å². The topological polar surface area (TPSA) is 54.4 Å². The van der Waals surface area contributed by atoms with Crippen LogP contribution in [0.25, 0.3) is 0 Å². The van der Waals surface area contributed by atoms with Gasteiger partial charge in [-0.3, -0.25) is 0 Å². The number of aliphatic hydroxyl groups is 1. The quantitative estimate of drug-likeness (QED) is 0.820. The van der Waals surface area contributed by atoms with E-state index in [4.69, 9.17) is 0 Å². The van der Waals surface area contributed by atoms with Gasteiger partial charge in [-0.1, -0.05) is 24.3 Å². The summed E-state index contributed by atoms with van der Waals surface area (Å²) in [6, 6.07) is 5.14. The highest BCUT2D eigenvalue weighted by Crippen LogP contribution is 2.15. The molecular weight excluding hydrogens is 243 g/mol. The summed E-state index contributed by atoms with van der Waals surface area (Å²) in [6.07, 6.45) is 2.04. The fourth-order valence-corrected chi connectivity index (χ4v) is 2.63. The highest BCUT2D eigenvalue weighted by atomic mass is 32.2. The summed E-state index contributed by atoms with van der Waals surface area (Å²) in [5.74, 6) is -0.872. The Morgan fingerprint density at radius 3 is 2.47 bits per heavy atom. The maximum Gasteiger partial charge on any atom is 0.156 e. The van der Waals surface area contributed by atoms with E-state index in [0.717, 1.165) is 0 Å². The number of hydrogen-bond acceptors (Lipinski definition) is 3. The van der Waals surface area contributed by atoms with E-state index in [-0.39, 0.29) is 11.5 Å². The summed E-state index contributed by atoms with van der Waals surface area (Å²) in [5.41, 5.74) is 0.399. The third-order valence-corrected chi connectivity index (χ3v) is 3.78. The normalized spacial score (nSPS) is 14.1. The Morgan fingerprint density at radius 2 is 1.94 bits per heavy atom. The molecule has 5 heteroatoms. The van der Waals surface area contributed by atoms with Gasteiger partial charge in [0.15, 0.2) is 9.84 Å². The predicted octanol–water partition coefficient (Wildman–Crippen LogP) is 1.85. The zero-order valence-electron chi connectivity index (χ0n) is 9.51. The van der Waals surface area contributed by atoms with Gasteiger partial charge in [0.25, 0.3) is 0 Å². The van der Waals surface area contributed by atoms with E-state index in [1.807, 2.05) is 0 Å². The third kappa shape index (κ3) is 4.66. The highest BCUT2D eigenvalue weighted by Gasteiger charge is 2.17. The molecule has 1 aromatic carbocycles. The minimum absolute atomic E-state index is 0.0955. The Labute approximate surface area is 101 Å². The monoisotopic (exact) mass is 258 g/mol. The smallest absolute Gasteiger partial charge is 0.156 e. The average molecular weight is 258 g/mol. The lowest BCUT2D eigenvalue weighted by Gasteiger charge is -2.10. The van der Waals surface area contributed by atoms with E-state index in [1.54, 1.807) is 13.0 Å². The SMILES string of the molecule is CC=CCS(=O)(=O)CC(O)c1ccc(F)cc1. The first kappa shape index (κ1) is 13.9. The van der Waals surface area contributed by atoms with E-state index in [1.165, 1.54) is 30.3 Å². The number of halogens is 1. The molecule has 1 atom stereocenters. The van der Waals surface area contributed by atoms with Gasteiger partial charge in [-0.25, -0.2) is 12.8 Å². The second kappa shape index (κ2) is 5.93. The molecule has 1 N–H and O–H groups in total. The molecule has 94 valence electrons. The maximum atomic E-state index is 12.6. The predicted molar refractivity (Wildman–Crippen MR) is 64.8 cm³/mol. The van der Waals surface area contributed by atoms with Crippen molar-refractivity contribution >= 4 is 9.84 Å². The van der Waals surface area contributed by atoms with Gasteiger partial charge in [-0.05, 0) is 24.6 Å². The summed E-state index contributed by atoms with van der Waals surface area (Å²) in [7, 11) is -3.33. The molecule has 0 amide bonds. The van der Waals surface area contributed by atoms with Crippen molar-refractivity contribution in [2.75, 3.05) is 11.5 Å². The van der Waals surface area contributed by atoms with Crippen molar-refractivity contribution in [2.24, 2.45) is 0 Å². The minimum Gasteiger partial charge on any atom is -0.387 e. The van der Waals surface area contributed by atoms with Crippen LogP contribution in [-0.4, -0.2) is 25.0 Å². The Bertz CT molecular complexity index is 477. The van der Waals surface area contributed by atoms with Crippen molar-refractivity contribution in [3.05, 3.63) is 47.8 Å². The molecule has 0 radical (unpaired) electrons. The van der Waals surface area contributed by atoms with Crippen LogP contribution in [0.3, 0.4) is 0 Å². The fourth-order valence-electron chi connectivity index (χ4n) is 1.33. The van der Waals surface area contributed by atoms with Gasteiger partial charge in [0.2, 0.25) is 0 Å². The van der Waals surface area contributed by atoms with E-state index in [2.05, 4.69) is 0 Å². The Kier molecular flexibility index (Phi) is 4.84. The van der Waals surface area contributed by atoms with Gasteiger partial charge in [0, 0.05) is 0 Å². The van der Waals surface area contributed by atoms with Gasteiger partial charge < -0.3 is 5.11 Å². The largest absolute Gasteiger partial charge is 0.387 e. The van der Waals surface area contributed by atoms with Crippen molar-refractivity contribution in [1.29, 1.82) is 0 Å². The second-order valence-electron chi connectivity index (χ2n) is 3.71. The number of benzene rings is 1. The number of allylic oxidation sites excluding steroid dienone is 1. The average Bonchev–Trinajstić information content (AvgIpc) is 2.26. The lowest BCUT2D eigenvalue weighted by atomic mass is 10.1. The summed E-state index contributed by atoms with van der Waals surface area (Å²) >= 11 is 0. The summed E-state index contributed by atoms with van der Waals surface area (Å²) in [6.45, 7) is 1.73. The zero-order valence-corrected chi connectivity index (χ0v) is 10.3. The maximum absolute atomic E-state index is 12.6. The lowest BCUT2D eigenvalue weighted by Crippen LogP contribution is -2.16. The molecule has 0 saturated carbocycles. The molecule has 0 aromatic heterocycles. The van der Waals surface area contributed by atoms with Crippen molar-refractivity contribution < 1.29 is 17.9 Å². The molecular formula is C12H15FO3S. The highest BCUT2D eigenvalue weighted by molar-refractivity contribution is 7.91. The molecule has 1 rings (SSSR count). The Hall–Kier alpha value is -1.20. The molecule has 1 aromatic rings. The summed E-state index contributed by atoms with van der Waals surface area (Å²) in [4.78, 5) is 0. The van der Waals surface area contributed by atoms with Crippen LogP contribution in [-0.2, 0) is 9.84 Å². The van der Waals surface area contributed by atoms with Crippen molar-refractivity contribution in [3.8, 4) is 0 Å². The summed E-state index contributed by atoms with van der Waals surface area (Å²) in [5, 5.41) is 9.72. The number of rotatable bonds is 5. The summed E-state index contributed by atoms with van der Waals surface area (Å²) < 4.78 is 35.8. The lowest BCUT2D eigenvalue weighted by molar-refractivity contribution is 0.201. The zero-order chi connectivity index (χ0) is 12.9. The number of aliphatic hydroxyl groups excluding tert-OH is 1. The van der Waals surface area contributed by atoms with Crippen LogP contribution in [0, 0.1) is 5.82 Å². The van der Waals surface area contributed by atoms with E-state index < -0.39 is 21.8 Å². The van der Waals surface area contributed by atoms with Crippen LogP contribution in [0.1, 0.15) is 18.6 Å². The second-order valence-corrected chi connectivity index (χ2v) is 5.87. The molecule has 0 bridgehead atoms. The van der Waals surface area contributed by atoms with Crippen molar-refractivity contribution in [1.82, 2.24) is 0 Å². The first-order chi connectivity index (χ1) is 7.94. The fraction of sp³-hybridized carbons (Fsp3) is 0.333. The molecule has 0 saturated heterocycles. The molecule has 0 heterocycles. The minimum atomic E-state index is -3.33. The van der Waals surface area contributed by atoms with E-state index in [9.17, 15) is 17.9 Å². The first-order valence-corrected chi connectivity index (χ1v) is 7.02. The van der Waals surface area contributed by atoms with Crippen LogP contribution in [0.2, 0.25) is 0 Å². The van der Waals surface area contributed by atoms with Crippen molar-refractivity contribution in [3.63, 3.8) is 0 Å². The standard InChI is InChI=1S/C12H15FO3S/c1-2-3-8-17(15,16)9-12(14)10-4-6-11(13)7-5-10/h2-7,12,14H,8-9H2,1H3. The molecule has 0 aliphatic rings. The van der Waals surface area contributed by atoms with Gasteiger partial charge in [0.1, 0.15) is 5.82 Å².